The SMILES string of the molecule is CCOc1ccc2c(c1)ncc(=O)n2OC(C)=O. The van der Waals surface area contributed by atoms with E-state index in [9.17, 15) is 9.59 Å². The Morgan fingerprint density at radius 2 is 2.22 bits per heavy atom. The molecular weight excluding hydrogens is 236 g/mol. The molecule has 0 amide bonds. The first-order valence-corrected chi connectivity index (χ1v) is 5.45. The highest BCUT2D eigenvalue weighted by Crippen LogP contribution is 2.17. The average Bonchev–Trinajstić information content (AvgIpc) is 2.33. The third kappa shape index (κ3) is 2.32. The number of hydrogen-bond donors (Lipinski definition) is 0. The van der Waals surface area contributed by atoms with Gasteiger partial charge in [-0.2, -0.15) is 0 Å². The maximum Gasteiger partial charge on any atom is 0.330 e. The predicted molar refractivity (Wildman–Crippen MR) is 64.4 cm³/mol. The van der Waals surface area contributed by atoms with E-state index in [1.54, 1.807) is 18.2 Å². The first-order chi connectivity index (χ1) is 8.61. The maximum absolute atomic E-state index is 11.6. The Kier molecular flexibility index (Phi) is 3.27. The molecular formula is C12H12N2O4. The summed E-state index contributed by atoms with van der Waals surface area (Å²) < 4.78 is 6.25. The number of carbonyl (C=O) groups is 1. The number of benzene rings is 1. The van der Waals surface area contributed by atoms with Crippen LogP contribution in [0.1, 0.15) is 13.8 Å². The molecule has 18 heavy (non-hydrogen) atoms. The fourth-order valence-corrected chi connectivity index (χ4v) is 1.55. The molecule has 0 radical (unpaired) electrons. The standard InChI is InChI=1S/C12H12N2O4/c1-3-17-9-4-5-11-10(6-9)13-7-12(16)14(11)18-8(2)15/h4-7H,3H2,1-2H3. The number of aromatic nitrogens is 2. The van der Waals surface area contributed by atoms with Crippen molar-refractivity contribution in [3.05, 3.63) is 34.7 Å². The predicted octanol–water partition coefficient (Wildman–Crippen LogP) is 0.770. The molecule has 1 heterocycles. The van der Waals surface area contributed by atoms with Gasteiger partial charge in [0.15, 0.2) is 0 Å². The van der Waals surface area contributed by atoms with E-state index in [0.717, 1.165) is 10.9 Å². The second-order valence-corrected chi connectivity index (χ2v) is 3.56. The van der Waals surface area contributed by atoms with E-state index in [-0.39, 0.29) is 0 Å². The van der Waals surface area contributed by atoms with Crippen LogP contribution in [0.4, 0.5) is 0 Å². The third-order valence-corrected chi connectivity index (χ3v) is 2.21. The molecule has 0 aliphatic rings. The summed E-state index contributed by atoms with van der Waals surface area (Å²) in [6.07, 6.45) is 1.10. The number of rotatable bonds is 3. The molecule has 1 aromatic carbocycles. The van der Waals surface area contributed by atoms with Gasteiger partial charge in [-0.05, 0) is 19.1 Å². The lowest BCUT2D eigenvalue weighted by atomic mass is 10.3. The Labute approximate surface area is 103 Å². The zero-order chi connectivity index (χ0) is 13.1. The van der Waals surface area contributed by atoms with E-state index in [0.29, 0.717) is 23.4 Å². The minimum absolute atomic E-state index is 0.418. The molecule has 94 valence electrons. The molecule has 0 fully saturated rings. The Morgan fingerprint density at radius 1 is 1.44 bits per heavy atom. The van der Waals surface area contributed by atoms with E-state index in [4.69, 9.17) is 9.57 Å². The van der Waals surface area contributed by atoms with E-state index in [2.05, 4.69) is 4.98 Å². The Balaban J connectivity index is 2.59. The van der Waals surface area contributed by atoms with Crippen LogP contribution >= 0.6 is 0 Å². The zero-order valence-electron chi connectivity index (χ0n) is 10.0. The molecule has 0 saturated heterocycles. The van der Waals surface area contributed by atoms with E-state index in [1.807, 2.05) is 6.92 Å². The van der Waals surface area contributed by atoms with Crippen molar-refractivity contribution < 1.29 is 14.4 Å². The van der Waals surface area contributed by atoms with Gasteiger partial charge in [0, 0.05) is 13.0 Å². The van der Waals surface area contributed by atoms with Crippen LogP contribution in [0.2, 0.25) is 0 Å². The monoisotopic (exact) mass is 248 g/mol. The summed E-state index contributed by atoms with van der Waals surface area (Å²) in [5.74, 6) is 0.0732. The van der Waals surface area contributed by atoms with Crippen LogP contribution in [-0.4, -0.2) is 22.3 Å². The molecule has 0 atom stereocenters. The van der Waals surface area contributed by atoms with Gasteiger partial charge in [0.25, 0.3) is 0 Å². The number of hydrogen-bond acceptors (Lipinski definition) is 5. The Morgan fingerprint density at radius 3 is 2.89 bits per heavy atom. The zero-order valence-corrected chi connectivity index (χ0v) is 10.0. The van der Waals surface area contributed by atoms with Crippen LogP contribution in [-0.2, 0) is 4.79 Å². The van der Waals surface area contributed by atoms with Crippen molar-refractivity contribution in [2.45, 2.75) is 13.8 Å². The molecule has 1 aromatic heterocycles. The van der Waals surface area contributed by atoms with Gasteiger partial charge in [-0.3, -0.25) is 4.79 Å². The third-order valence-electron chi connectivity index (χ3n) is 2.21. The van der Waals surface area contributed by atoms with Crippen molar-refractivity contribution in [2.75, 3.05) is 6.61 Å². The highest BCUT2D eigenvalue weighted by molar-refractivity contribution is 5.77. The smallest absolute Gasteiger partial charge is 0.330 e. The number of fused-ring (bicyclic) bond motifs is 1. The average molecular weight is 248 g/mol. The number of carbonyl (C=O) groups excluding carboxylic acids is 1. The maximum atomic E-state index is 11.6. The van der Waals surface area contributed by atoms with Gasteiger partial charge < -0.3 is 9.57 Å². The summed E-state index contributed by atoms with van der Waals surface area (Å²) in [4.78, 5) is 31.4. The second kappa shape index (κ2) is 4.87. The van der Waals surface area contributed by atoms with Gasteiger partial charge in [0.05, 0.1) is 18.3 Å². The minimum Gasteiger partial charge on any atom is -0.494 e. The van der Waals surface area contributed by atoms with E-state index in [1.165, 1.54) is 6.92 Å². The van der Waals surface area contributed by atoms with E-state index >= 15 is 0 Å². The lowest BCUT2D eigenvalue weighted by molar-refractivity contribution is -0.141. The summed E-state index contributed by atoms with van der Waals surface area (Å²) in [5, 5.41) is 0. The molecule has 0 spiro atoms. The highest BCUT2D eigenvalue weighted by Gasteiger charge is 2.08. The topological polar surface area (TPSA) is 70.4 Å². The summed E-state index contributed by atoms with van der Waals surface area (Å²) in [5.41, 5.74) is 0.435. The lowest BCUT2D eigenvalue weighted by Crippen LogP contribution is -2.29. The molecule has 0 N–H and O–H groups in total. The van der Waals surface area contributed by atoms with Gasteiger partial charge in [-0.25, -0.2) is 9.78 Å². The van der Waals surface area contributed by atoms with Crippen LogP contribution in [0.5, 0.6) is 5.75 Å². The van der Waals surface area contributed by atoms with Crippen LogP contribution in [0.15, 0.2) is 29.2 Å². The number of nitrogens with zero attached hydrogens (tertiary/aromatic N) is 2. The fraction of sp³-hybridized carbons (Fsp3) is 0.250. The van der Waals surface area contributed by atoms with Crippen molar-refractivity contribution in [3.8, 4) is 5.75 Å². The molecule has 6 heteroatoms. The molecule has 2 aromatic rings. The molecule has 0 saturated carbocycles. The van der Waals surface area contributed by atoms with Crippen molar-refractivity contribution in [2.24, 2.45) is 0 Å². The van der Waals surface area contributed by atoms with Gasteiger partial charge >= 0.3 is 11.5 Å². The minimum atomic E-state index is -0.571. The van der Waals surface area contributed by atoms with Crippen molar-refractivity contribution in [1.82, 2.24) is 9.71 Å². The van der Waals surface area contributed by atoms with Gasteiger partial charge in [-0.1, -0.05) is 0 Å². The van der Waals surface area contributed by atoms with Crippen molar-refractivity contribution in [3.63, 3.8) is 0 Å². The first-order valence-electron chi connectivity index (χ1n) is 5.45. The molecule has 6 nitrogen and oxygen atoms in total. The fourth-order valence-electron chi connectivity index (χ4n) is 1.55. The van der Waals surface area contributed by atoms with Crippen molar-refractivity contribution >= 4 is 17.0 Å². The first kappa shape index (κ1) is 12.1. The van der Waals surface area contributed by atoms with Gasteiger partial charge in [-0.15, -0.1) is 4.73 Å². The highest BCUT2D eigenvalue weighted by atomic mass is 16.7. The molecule has 0 unspecified atom stereocenters. The van der Waals surface area contributed by atoms with Crippen LogP contribution in [0.25, 0.3) is 11.0 Å². The normalized spacial score (nSPS) is 10.3. The number of ether oxygens (including phenoxy) is 1. The summed E-state index contributed by atoms with van der Waals surface area (Å²) in [6, 6.07) is 4.99. The van der Waals surface area contributed by atoms with Crippen LogP contribution in [0, 0.1) is 0 Å². The van der Waals surface area contributed by atoms with Gasteiger partial charge in [0.2, 0.25) is 0 Å². The quantitative estimate of drug-likeness (QED) is 0.802. The van der Waals surface area contributed by atoms with E-state index < -0.39 is 11.5 Å². The molecule has 0 aliphatic carbocycles. The van der Waals surface area contributed by atoms with Gasteiger partial charge in [0.1, 0.15) is 11.3 Å². The Bertz CT molecular complexity index is 648. The Hall–Kier alpha value is -2.37. The molecule has 2 rings (SSSR count). The second-order valence-electron chi connectivity index (χ2n) is 3.56. The largest absolute Gasteiger partial charge is 0.494 e. The lowest BCUT2D eigenvalue weighted by Gasteiger charge is -2.09. The summed E-state index contributed by atoms with van der Waals surface area (Å²) >= 11 is 0. The summed E-state index contributed by atoms with van der Waals surface area (Å²) in [6.45, 7) is 3.64. The van der Waals surface area contributed by atoms with Crippen LogP contribution < -0.4 is 15.1 Å². The molecule has 0 bridgehead atoms. The van der Waals surface area contributed by atoms with Crippen LogP contribution in [0.3, 0.4) is 0 Å². The molecule has 0 aliphatic heterocycles. The summed E-state index contributed by atoms with van der Waals surface area (Å²) in [7, 11) is 0. The van der Waals surface area contributed by atoms with Crippen molar-refractivity contribution in [1.29, 1.82) is 0 Å².